The van der Waals surface area contributed by atoms with E-state index in [1.165, 1.54) is 25.3 Å². The van der Waals surface area contributed by atoms with Gasteiger partial charge in [0, 0.05) is 0 Å². The summed E-state index contributed by atoms with van der Waals surface area (Å²) in [6, 6.07) is 16.2. The molecule has 0 radical (unpaired) electrons. The quantitative estimate of drug-likeness (QED) is 0.472. The molecule has 0 aliphatic heterocycles. The Morgan fingerprint density at radius 1 is 0.852 bits per heavy atom. The van der Waals surface area contributed by atoms with E-state index in [0.717, 1.165) is 16.8 Å². The summed E-state index contributed by atoms with van der Waals surface area (Å²) in [6.07, 6.45) is -4.53. The molecule has 27 heavy (non-hydrogen) atoms. The van der Waals surface area contributed by atoms with Crippen LogP contribution >= 0.6 is 0 Å². The van der Waals surface area contributed by atoms with Gasteiger partial charge in [-0.3, -0.25) is 0 Å². The first kappa shape index (κ1) is 17.1. The maximum Gasteiger partial charge on any atom is 0.417 e. The number of fused-ring (bicyclic) bond motifs is 1. The monoisotopic (exact) mass is 370 g/mol. The normalized spacial score (nSPS) is 11.7. The molecule has 0 aliphatic carbocycles. The minimum absolute atomic E-state index is 0.0932. The number of nitrogens with zero attached hydrogens (tertiary/aromatic N) is 2. The highest BCUT2D eigenvalue weighted by Crippen LogP contribution is 2.40. The van der Waals surface area contributed by atoms with Crippen LogP contribution < -0.4 is 4.74 Å². The molecule has 0 atom stereocenters. The number of methoxy groups -OCH3 is 1. The van der Waals surface area contributed by atoms with Crippen molar-refractivity contribution in [3.05, 3.63) is 66.2 Å². The van der Waals surface area contributed by atoms with Crippen molar-refractivity contribution in [3.8, 4) is 28.7 Å². The largest absolute Gasteiger partial charge is 0.496 e. The minimum atomic E-state index is -4.53. The Bertz CT molecular complexity index is 1120. The van der Waals surface area contributed by atoms with E-state index in [4.69, 9.17) is 9.15 Å². The third kappa shape index (κ3) is 3.01. The first-order valence-electron chi connectivity index (χ1n) is 8.05. The molecule has 0 bridgehead atoms. The van der Waals surface area contributed by atoms with E-state index in [0.29, 0.717) is 11.3 Å². The summed E-state index contributed by atoms with van der Waals surface area (Å²) in [5, 5.41) is 9.55. The van der Waals surface area contributed by atoms with Crippen molar-refractivity contribution in [2.75, 3.05) is 7.11 Å². The number of rotatable bonds is 3. The molecule has 4 rings (SSSR count). The van der Waals surface area contributed by atoms with E-state index in [1.807, 2.05) is 30.3 Å². The summed E-state index contributed by atoms with van der Waals surface area (Å²) in [5.41, 5.74) is -0.452. The summed E-state index contributed by atoms with van der Waals surface area (Å²) < 4.78 is 50.9. The van der Waals surface area contributed by atoms with E-state index in [1.54, 1.807) is 6.07 Å². The second-order valence-electron chi connectivity index (χ2n) is 5.82. The minimum Gasteiger partial charge on any atom is -0.496 e. The number of hydrogen-bond acceptors (Lipinski definition) is 4. The lowest BCUT2D eigenvalue weighted by Gasteiger charge is -2.10. The molecule has 7 heteroatoms. The van der Waals surface area contributed by atoms with Gasteiger partial charge in [-0.2, -0.15) is 13.2 Å². The van der Waals surface area contributed by atoms with Crippen LogP contribution in [0.3, 0.4) is 0 Å². The number of alkyl halides is 3. The van der Waals surface area contributed by atoms with Gasteiger partial charge in [0.1, 0.15) is 5.75 Å². The smallest absolute Gasteiger partial charge is 0.417 e. The molecule has 0 N–H and O–H groups in total. The average Bonchev–Trinajstić information content (AvgIpc) is 3.16. The zero-order valence-electron chi connectivity index (χ0n) is 14.1. The Morgan fingerprint density at radius 3 is 2.33 bits per heavy atom. The molecule has 0 saturated carbocycles. The van der Waals surface area contributed by atoms with Crippen LogP contribution in [0.1, 0.15) is 5.56 Å². The number of ether oxygens (including phenoxy) is 1. The highest BCUT2D eigenvalue weighted by atomic mass is 19.4. The highest BCUT2D eigenvalue weighted by Gasteiger charge is 2.35. The van der Waals surface area contributed by atoms with Crippen molar-refractivity contribution in [1.82, 2.24) is 10.2 Å². The molecule has 4 nitrogen and oxygen atoms in total. The van der Waals surface area contributed by atoms with Crippen molar-refractivity contribution in [2.24, 2.45) is 0 Å². The fourth-order valence-corrected chi connectivity index (χ4v) is 2.99. The van der Waals surface area contributed by atoms with E-state index in [2.05, 4.69) is 10.2 Å². The molecule has 0 amide bonds. The summed E-state index contributed by atoms with van der Waals surface area (Å²) in [7, 11) is 1.50. The molecule has 0 aliphatic rings. The fraction of sp³-hybridized carbons (Fsp3) is 0.100. The maximum atomic E-state index is 13.3. The standard InChI is InChI=1S/C20H13F3N2O2/c1-26-16-11-10-12-6-2-3-7-13(12)17(16)19-25-24-18(27-19)14-8-4-5-9-15(14)20(21,22)23/h2-11H,1H3. The molecule has 1 aromatic heterocycles. The Labute approximate surface area is 152 Å². The third-order valence-corrected chi connectivity index (χ3v) is 4.21. The van der Waals surface area contributed by atoms with Crippen LogP contribution in [0.2, 0.25) is 0 Å². The van der Waals surface area contributed by atoms with E-state index in [-0.39, 0.29) is 17.3 Å². The Balaban J connectivity index is 1.90. The van der Waals surface area contributed by atoms with Gasteiger partial charge in [0.15, 0.2) is 0 Å². The third-order valence-electron chi connectivity index (χ3n) is 4.21. The van der Waals surface area contributed by atoms with E-state index in [9.17, 15) is 13.2 Å². The first-order chi connectivity index (χ1) is 13.0. The summed E-state index contributed by atoms with van der Waals surface area (Å²) >= 11 is 0. The van der Waals surface area contributed by atoms with Gasteiger partial charge in [0.25, 0.3) is 5.89 Å². The SMILES string of the molecule is COc1ccc2ccccc2c1-c1nnc(-c2ccccc2C(F)(F)F)o1. The van der Waals surface area contributed by atoms with Crippen LogP contribution in [0.15, 0.2) is 65.1 Å². The second-order valence-corrected chi connectivity index (χ2v) is 5.82. The molecule has 1 heterocycles. The molecule has 0 saturated heterocycles. The van der Waals surface area contributed by atoms with Gasteiger partial charge in [-0.15, -0.1) is 10.2 Å². The van der Waals surface area contributed by atoms with Gasteiger partial charge in [-0.1, -0.05) is 42.5 Å². The molecular formula is C20H13F3N2O2. The van der Waals surface area contributed by atoms with E-state index >= 15 is 0 Å². The summed E-state index contributed by atoms with van der Waals surface area (Å²) in [4.78, 5) is 0. The topological polar surface area (TPSA) is 48.2 Å². The first-order valence-corrected chi connectivity index (χ1v) is 8.05. The lowest BCUT2D eigenvalue weighted by molar-refractivity contribution is -0.137. The predicted molar refractivity (Wildman–Crippen MR) is 94.2 cm³/mol. The van der Waals surface area contributed by atoms with Gasteiger partial charge in [0.05, 0.1) is 23.8 Å². The number of hydrogen-bond donors (Lipinski definition) is 0. The van der Waals surface area contributed by atoms with Crippen molar-refractivity contribution in [2.45, 2.75) is 6.18 Å². The predicted octanol–water partition coefficient (Wildman–Crippen LogP) is 5.58. The zero-order chi connectivity index (χ0) is 19.0. The van der Waals surface area contributed by atoms with Gasteiger partial charge < -0.3 is 9.15 Å². The number of benzene rings is 3. The molecule has 0 unspecified atom stereocenters. The van der Waals surface area contributed by atoms with Crippen LogP contribution in [0.5, 0.6) is 5.75 Å². The zero-order valence-corrected chi connectivity index (χ0v) is 14.1. The van der Waals surface area contributed by atoms with Gasteiger partial charge in [0.2, 0.25) is 5.89 Å². The van der Waals surface area contributed by atoms with Crippen LogP contribution in [-0.2, 0) is 6.18 Å². The van der Waals surface area contributed by atoms with E-state index < -0.39 is 11.7 Å². The molecular weight excluding hydrogens is 357 g/mol. The second kappa shape index (κ2) is 6.42. The highest BCUT2D eigenvalue weighted by molar-refractivity contribution is 5.97. The van der Waals surface area contributed by atoms with Crippen LogP contribution in [0, 0.1) is 0 Å². The molecule has 136 valence electrons. The number of aromatic nitrogens is 2. The van der Waals surface area contributed by atoms with Crippen molar-refractivity contribution < 1.29 is 22.3 Å². The van der Waals surface area contributed by atoms with Crippen LogP contribution in [0.4, 0.5) is 13.2 Å². The summed E-state index contributed by atoms with van der Waals surface area (Å²) in [6.45, 7) is 0. The van der Waals surface area contributed by atoms with Gasteiger partial charge >= 0.3 is 6.18 Å². The van der Waals surface area contributed by atoms with Crippen molar-refractivity contribution in [3.63, 3.8) is 0 Å². The molecule has 0 spiro atoms. The average molecular weight is 370 g/mol. The lowest BCUT2D eigenvalue weighted by Crippen LogP contribution is -2.06. The maximum absolute atomic E-state index is 13.3. The van der Waals surface area contributed by atoms with Crippen molar-refractivity contribution >= 4 is 10.8 Å². The fourth-order valence-electron chi connectivity index (χ4n) is 2.99. The molecule has 4 aromatic rings. The number of halogens is 3. The van der Waals surface area contributed by atoms with Crippen LogP contribution in [-0.4, -0.2) is 17.3 Å². The molecule has 0 fully saturated rings. The Hall–Kier alpha value is -3.35. The van der Waals surface area contributed by atoms with Gasteiger partial charge in [-0.25, -0.2) is 0 Å². The van der Waals surface area contributed by atoms with Crippen molar-refractivity contribution in [1.29, 1.82) is 0 Å². The Morgan fingerprint density at radius 2 is 1.56 bits per heavy atom. The Kier molecular flexibility index (Phi) is 4.07. The summed E-state index contributed by atoms with van der Waals surface area (Å²) in [5.74, 6) is 0.386. The lowest BCUT2D eigenvalue weighted by atomic mass is 10.0. The van der Waals surface area contributed by atoms with Gasteiger partial charge in [-0.05, 0) is 29.0 Å². The van der Waals surface area contributed by atoms with Crippen LogP contribution in [0.25, 0.3) is 33.7 Å². The molecule has 3 aromatic carbocycles.